The van der Waals surface area contributed by atoms with Crippen LogP contribution in [-0.4, -0.2) is 28.7 Å². The van der Waals surface area contributed by atoms with E-state index in [-0.39, 0.29) is 18.2 Å². The van der Waals surface area contributed by atoms with E-state index in [1.54, 1.807) is 54.6 Å². The number of rotatable bonds is 6. The lowest BCUT2D eigenvalue weighted by molar-refractivity contribution is -0.125. The van der Waals surface area contributed by atoms with E-state index >= 15 is 0 Å². The maximum Gasteiger partial charge on any atom is 0.244 e. The van der Waals surface area contributed by atoms with Gasteiger partial charge in [0.15, 0.2) is 5.78 Å². The van der Waals surface area contributed by atoms with Crippen LogP contribution in [0, 0.1) is 5.82 Å². The zero-order valence-electron chi connectivity index (χ0n) is 18.1. The van der Waals surface area contributed by atoms with Crippen LogP contribution in [0.4, 0.5) is 10.1 Å². The van der Waals surface area contributed by atoms with Crippen LogP contribution in [-0.2, 0) is 11.3 Å². The van der Waals surface area contributed by atoms with Crippen molar-refractivity contribution in [2.75, 3.05) is 11.9 Å². The summed E-state index contributed by atoms with van der Waals surface area (Å²) in [7, 11) is 0. The summed E-state index contributed by atoms with van der Waals surface area (Å²) < 4.78 is 14.4. The molecule has 1 N–H and O–H groups in total. The van der Waals surface area contributed by atoms with Gasteiger partial charge in [-0.25, -0.2) is 4.39 Å². The number of hydrogen-bond donors (Lipinski definition) is 1. The molecule has 1 heterocycles. The summed E-state index contributed by atoms with van der Waals surface area (Å²) in [5, 5.41) is 3.66. The van der Waals surface area contributed by atoms with E-state index in [4.69, 9.17) is 23.2 Å². The molecule has 1 saturated heterocycles. The van der Waals surface area contributed by atoms with E-state index in [0.717, 1.165) is 6.42 Å². The fourth-order valence-corrected chi connectivity index (χ4v) is 4.61. The summed E-state index contributed by atoms with van der Waals surface area (Å²) in [5.74, 6) is -0.900. The molecule has 1 atom stereocenters. The molecule has 0 spiro atoms. The van der Waals surface area contributed by atoms with Crippen molar-refractivity contribution in [2.45, 2.75) is 31.8 Å². The highest BCUT2D eigenvalue weighted by Crippen LogP contribution is 2.34. The SMILES string of the molecule is C[C@]1(C(=O)Nc2ccc(Cl)cc2C(=O)c2ccccc2)CCCN1Cc1c(F)cccc1Cl. The summed E-state index contributed by atoms with van der Waals surface area (Å²) in [6, 6.07) is 18.2. The van der Waals surface area contributed by atoms with E-state index in [1.807, 2.05) is 17.9 Å². The number of amides is 1. The number of nitrogens with one attached hydrogen (secondary N) is 1. The number of nitrogens with zero attached hydrogens (tertiary/aromatic N) is 1. The first-order valence-corrected chi connectivity index (χ1v) is 11.4. The number of halogens is 3. The molecule has 1 aliphatic heterocycles. The van der Waals surface area contributed by atoms with Crippen molar-refractivity contribution in [1.29, 1.82) is 0 Å². The molecule has 0 aliphatic carbocycles. The molecule has 7 heteroatoms. The molecule has 1 fully saturated rings. The Balaban J connectivity index is 1.60. The molecular formula is C26H23Cl2FN2O2. The van der Waals surface area contributed by atoms with Crippen molar-refractivity contribution < 1.29 is 14.0 Å². The molecule has 0 radical (unpaired) electrons. The summed E-state index contributed by atoms with van der Waals surface area (Å²) in [4.78, 5) is 28.5. The maximum absolute atomic E-state index is 14.4. The molecule has 4 nitrogen and oxygen atoms in total. The minimum atomic E-state index is -0.891. The fourth-order valence-electron chi connectivity index (χ4n) is 4.22. The van der Waals surface area contributed by atoms with Crippen molar-refractivity contribution in [3.63, 3.8) is 0 Å². The Morgan fingerprint density at radius 1 is 1.06 bits per heavy atom. The van der Waals surface area contributed by atoms with Crippen LogP contribution in [0.2, 0.25) is 10.0 Å². The van der Waals surface area contributed by atoms with E-state index < -0.39 is 11.4 Å². The lowest BCUT2D eigenvalue weighted by Crippen LogP contribution is -2.50. The Morgan fingerprint density at radius 2 is 1.82 bits per heavy atom. The monoisotopic (exact) mass is 484 g/mol. The molecule has 0 saturated carbocycles. The molecule has 0 unspecified atom stereocenters. The second-order valence-corrected chi connectivity index (χ2v) is 9.18. The van der Waals surface area contributed by atoms with E-state index in [1.165, 1.54) is 6.07 Å². The van der Waals surface area contributed by atoms with Crippen molar-refractivity contribution >= 4 is 40.6 Å². The average molecular weight is 485 g/mol. The first-order chi connectivity index (χ1) is 15.8. The Labute approximate surface area is 202 Å². The number of benzene rings is 3. The molecule has 3 aromatic rings. The van der Waals surface area contributed by atoms with Gasteiger partial charge in [-0.3, -0.25) is 14.5 Å². The summed E-state index contributed by atoms with van der Waals surface area (Å²) >= 11 is 12.4. The van der Waals surface area contributed by atoms with Crippen LogP contribution < -0.4 is 5.32 Å². The van der Waals surface area contributed by atoms with Gasteiger partial charge in [0.1, 0.15) is 5.82 Å². The second-order valence-electron chi connectivity index (χ2n) is 8.34. The van der Waals surface area contributed by atoms with Gasteiger partial charge >= 0.3 is 0 Å². The van der Waals surface area contributed by atoms with E-state index in [9.17, 15) is 14.0 Å². The maximum atomic E-state index is 14.4. The topological polar surface area (TPSA) is 49.4 Å². The van der Waals surface area contributed by atoms with E-state index in [0.29, 0.717) is 45.4 Å². The highest BCUT2D eigenvalue weighted by molar-refractivity contribution is 6.31. The smallest absolute Gasteiger partial charge is 0.244 e. The number of carbonyl (C=O) groups is 2. The fraction of sp³-hybridized carbons (Fsp3) is 0.231. The third kappa shape index (κ3) is 4.81. The van der Waals surface area contributed by atoms with Crippen LogP contribution in [0.5, 0.6) is 0 Å². The first kappa shape index (κ1) is 23.4. The van der Waals surface area contributed by atoms with Crippen molar-refractivity contribution in [1.82, 2.24) is 4.90 Å². The summed E-state index contributed by atoms with van der Waals surface area (Å²) in [5.41, 5.74) is 0.672. The quantitative estimate of drug-likeness (QED) is 0.414. The minimum Gasteiger partial charge on any atom is -0.324 e. The number of likely N-dealkylation sites (tertiary alicyclic amines) is 1. The molecule has 4 rings (SSSR count). The number of anilines is 1. The molecule has 3 aromatic carbocycles. The van der Waals surface area contributed by atoms with Crippen LogP contribution in [0.25, 0.3) is 0 Å². The number of hydrogen-bond acceptors (Lipinski definition) is 3. The zero-order chi connectivity index (χ0) is 23.6. The predicted octanol–water partition coefficient (Wildman–Crippen LogP) is 6.36. The Hall–Kier alpha value is -2.73. The zero-order valence-corrected chi connectivity index (χ0v) is 19.6. The van der Waals surface area contributed by atoms with Crippen molar-refractivity contribution in [2.24, 2.45) is 0 Å². The third-order valence-corrected chi connectivity index (χ3v) is 6.79. The van der Waals surface area contributed by atoms with Gasteiger partial charge in [-0.05, 0) is 56.6 Å². The molecule has 170 valence electrons. The summed E-state index contributed by atoms with van der Waals surface area (Å²) in [6.45, 7) is 2.68. The molecule has 33 heavy (non-hydrogen) atoms. The lowest BCUT2D eigenvalue weighted by atomic mass is 9.95. The van der Waals surface area contributed by atoms with Crippen molar-refractivity contribution in [3.05, 3.63) is 99.3 Å². The van der Waals surface area contributed by atoms with Gasteiger partial charge < -0.3 is 5.32 Å². The van der Waals surface area contributed by atoms with Crippen LogP contribution in [0.3, 0.4) is 0 Å². The lowest BCUT2D eigenvalue weighted by Gasteiger charge is -2.34. The van der Waals surface area contributed by atoms with Crippen molar-refractivity contribution in [3.8, 4) is 0 Å². The Bertz CT molecular complexity index is 1180. The molecule has 1 aliphatic rings. The number of ketones is 1. The second kappa shape index (κ2) is 9.64. The molecule has 0 bridgehead atoms. The van der Waals surface area contributed by atoms with Gasteiger partial charge in [-0.15, -0.1) is 0 Å². The largest absolute Gasteiger partial charge is 0.324 e. The molecule has 1 amide bonds. The van der Waals surface area contributed by atoms with Gasteiger partial charge in [0.25, 0.3) is 0 Å². The van der Waals surface area contributed by atoms with E-state index in [2.05, 4.69) is 5.32 Å². The van der Waals surface area contributed by atoms with Gasteiger partial charge in [0.2, 0.25) is 5.91 Å². The number of carbonyl (C=O) groups excluding carboxylic acids is 2. The summed E-state index contributed by atoms with van der Waals surface area (Å²) in [6.07, 6.45) is 1.38. The minimum absolute atomic E-state index is 0.214. The highest BCUT2D eigenvalue weighted by Gasteiger charge is 2.43. The molecular weight excluding hydrogens is 462 g/mol. The third-order valence-electron chi connectivity index (χ3n) is 6.20. The van der Waals surface area contributed by atoms with Gasteiger partial charge in [-0.1, -0.05) is 59.6 Å². The molecule has 0 aromatic heterocycles. The standard InChI is InChI=1S/C26H23Cl2FN2O2/c1-26(13-6-14-31(26)16-20-21(28)9-5-10-22(20)29)25(33)30-23-12-11-18(27)15-19(23)24(32)17-7-3-2-4-8-17/h2-5,7-12,15H,6,13-14,16H2,1H3,(H,30,33)/t26-/m1/s1. The normalized spacial score (nSPS) is 18.3. The predicted molar refractivity (Wildman–Crippen MR) is 129 cm³/mol. The van der Waals surface area contributed by atoms with Gasteiger partial charge in [0.05, 0.1) is 11.2 Å². The van der Waals surface area contributed by atoms with Gasteiger partial charge in [0, 0.05) is 33.3 Å². The van der Waals surface area contributed by atoms with Crippen LogP contribution >= 0.6 is 23.2 Å². The van der Waals surface area contributed by atoms with Crippen LogP contribution in [0.15, 0.2) is 66.7 Å². The Morgan fingerprint density at radius 3 is 2.55 bits per heavy atom. The Kier molecular flexibility index (Phi) is 6.84. The highest BCUT2D eigenvalue weighted by atomic mass is 35.5. The first-order valence-electron chi connectivity index (χ1n) is 10.7. The van der Waals surface area contributed by atoms with Gasteiger partial charge in [-0.2, -0.15) is 0 Å². The van der Waals surface area contributed by atoms with Crippen LogP contribution in [0.1, 0.15) is 41.3 Å². The average Bonchev–Trinajstić information content (AvgIpc) is 3.19.